The highest BCUT2D eigenvalue weighted by Crippen LogP contribution is 2.48. The SMILES string of the molecule is Cc1cccc(C2CC(C)(C)c3cccc4[nH]cc2c34)c1. The van der Waals surface area contributed by atoms with Crippen LogP contribution in [0, 0.1) is 6.92 Å². The monoisotopic (exact) mass is 275 g/mol. The fourth-order valence-corrected chi connectivity index (χ4v) is 3.96. The number of aromatic amines is 1. The molecule has 1 unspecified atom stereocenters. The van der Waals surface area contributed by atoms with Crippen molar-refractivity contribution >= 4 is 10.9 Å². The first-order chi connectivity index (χ1) is 10.1. The van der Waals surface area contributed by atoms with Gasteiger partial charge in [0, 0.05) is 23.0 Å². The summed E-state index contributed by atoms with van der Waals surface area (Å²) in [5.74, 6) is 0.489. The van der Waals surface area contributed by atoms with Crippen LogP contribution in [0.25, 0.3) is 10.9 Å². The predicted molar refractivity (Wildman–Crippen MR) is 89.0 cm³/mol. The molecule has 21 heavy (non-hydrogen) atoms. The molecule has 0 amide bonds. The van der Waals surface area contributed by atoms with Gasteiger partial charge in [-0.2, -0.15) is 0 Å². The van der Waals surface area contributed by atoms with Crippen molar-refractivity contribution in [3.05, 3.63) is 70.9 Å². The fourth-order valence-electron chi connectivity index (χ4n) is 3.96. The normalized spacial score (nSPS) is 19.9. The molecule has 106 valence electrons. The van der Waals surface area contributed by atoms with Gasteiger partial charge >= 0.3 is 0 Å². The number of hydrogen-bond acceptors (Lipinski definition) is 0. The lowest BCUT2D eigenvalue weighted by Gasteiger charge is -2.36. The Labute approximate surface area is 126 Å². The van der Waals surface area contributed by atoms with Gasteiger partial charge in [-0.1, -0.05) is 55.8 Å². The number of aryl methyl sites for hydroxylation is 1. The molecule has 0 bridgehead atoms. The van der Waals surface area contributed by atoms with E-state index in [1.807, 2.05) is 0 Å². The summed E-state index contributed by atoms with van der Waals surface area (Å²) in [6.45, 7) is 6.93. The van der Waals surface area contributed by atoms with Crippen LogP contribution in [0.15, 0.2) is 48.7 Å². The minimum Gasteiger partial charge on any atom is -0.361 e. The van der Waals surface area contributed by atoms with Gasteiger partial charge in [0.15, 0.2) is 0 Å². The Balaban J connectivity index is 1.99. The topological polar surface area (TPSA) is 15.8 Å². The molecule has 1 heterocycles. The van der Waals surface area contributed by atoms with E-state index in [1.165, 1.54) is 39.6 Å². The molecule has 4 rings (SSSR count). The van der Waals surface area contributed by atoms with Crippen LogP contribution in [-0.4, -0.2) is 4.98 Å². The van der Waals surface area contributed by atoms with Crippen LogP contribution < -0.4 is 0 Å². The minimum absolute atomic E-state index is 0.211. The fraction of sp³-hybridized carbons (Fsp3) is 0.300. The first-order valence-corrected chi connectivity index (χ1v) is 7.73. The first-order valence-electron chi connectivity index (χ1n) is 7.73. The third-order valence-electron chi connectivity index (χ3n) is 5.00. The molecule has 1 aliphatic carbocycles. The number of aromatic nitrogens is 1. The largest absolute Gasteiger partial charge is 0.361 e. The van der Waals surface area contributed by atoms with E-state index in [1.54, 1.807) is 0 Å². The number of rotatable bonds is 1. The van der Waals surface area contributed by atoms with Crippen LogP contribution in [0.2, 0.25) is 0 Å². The Bertz CT molecular complexity index is 823. The Morgan fingerprint density at radius 2 is 1.90 bits per heavy atom. The third-order valence-corrected chi connectivity index (χ3v) is 5.00. The van der Waals surface area contributed by atoms with Crippen LogP contribution in [0.1, 0.15) is 48.4 Å². The van der Waals surface area contributed by atoms with Crippen molar-refractivity contribution in [3.63, 3.8) is 0 Å². The third kappa shape index (κ3) is 1.84. The molecule has 1 nitrogen and oxygen atoms in total. The second-order valence-corrected chi connectivity index (χ2v) is 7.03. The predicted octanol–water partition coefficient (Wildman–Crippen LogP) is 5.29. The molecule has 0 spiro atoms. The van der Waals surface area contributed by atoms with Crippen LogP contribution in [0.5, 0.6) is 0 Å². The summed E-state index contributed by atoms with van der Waals surface area (Å²) >= 11 is 0. The maximum absolute atomic E-state index is 3.47. The van der Waals surface area contributed by atoms with Gasteiger partial charge in [-0.05, 0) is 41.5 Å². The van der Waals surface area contributed by atoms with E-state index in [-0.39, 0.29) is 5.41 Å². The van der Waals surface area contributed by atoms with Gasteiger partial charge in [0.2, 0.25) is 0 Å². The van der Waals surface area contributed by atoms with Gasteiger partial charge in [0.1, 0.15) is 0 Å². The van der Waals surface area contributed by atoms with Crippen molar-refractivity contribution in [3.8, 4) is 0 Å². The van der Waals surface area contributed by atoms with Crippen molar-refractivity contribution in [1.82, 2.24) is 4.98 Å². The van der Waals surface area contributed by atoms with Crippen LogP contribution in [0.4, 0.5) is 0 Å². The van der Waals surface area contributed by atoms with Gasteiger partial charge in [0.25, 0.3) is 0 Å². The smallest absolute Gasteiger partial charge is 0.0460 e. The van der Waals surface area contributed by atoms with E-state index in [4.69, 9.17) is 0 Å². The van der Waals surface area contributed by atoms with Crippen LogP contribution >= 0.6 is 0 Å². The molecule has 0 fully saturated rings. The van der Waals surface area contributed by atoms with Gasteiger partial charge < -0.3 is 4.98 Å². The molecule has 0 aliphatic heterocycles. The van der Waals surface area contributed by atoms with Crippen molar-refractivity contribution in [2.75, 3.05) is 0 Å². The quantitative estimate of drug-likeness (QED) is 0.621. The Morgan fingerprint density at radius 3 is 2.71 bits per heavy atom. The first kappa shape index (κ1) is 12.7. The zero-order chi connectivity index (χ0) is 14.6. The Morgan fingerprint density at radius 1 is 1.10 bits per heavy atom. The van der Waals surface area contributed by atoms with E-state index in [0.29, 0.717) is 5.92 Å². The lowest BCUT2D eigenvalue weighted by molar-refractivity contribution is 0.444. The Kier molecular flexibility index (Phi) is 2.56. The van der Waals surface area contributed by atoms with E-state index < -0.39 is 0 Å². The van der Waals surface area contributed by atoms with E-state index >= 15 is 0 Å². The molecule has 1 N–H and O–H groups in total. The molecule has 2 aromatic carbocycles. The van der Waals surface area contributed by atoms with Crippen molar-refractivity contribution < 1.29 is 0 Å². The van der Waals surface area contributed by atoms with Gasteiger partial charge in [-0.3, -0.25) is 0 Å². The molecule has 1 aliphatic rings. The highest BCUT2D eigenvalue weighted by atomic mass is 14.7. The Hall–Kier alpha value is -2.02. The average Bonchev–Trinajstić information content (AvgIpc) is 2.88. The molecular weight excluding hydrogens is 254 g/mol. The highest BCUT2D eigenvalue weighted by molar-refractivity contribution is 5.89. The zero-order valence-electron chi connectivity index (χ0n) is 12.9. The van der Waals surface area contributed by atoms with Gasteiger partial charge in [-0.25, -0.2) is 0 Å². The molecule has 1 aromatic heterocycles. The molecule has 1 heteroatoms. The lowest BCUT2D eigenvalue weighted by atomic mass is 9.67. The van der Waals surface area contributed by atoms with E-state index in [0.717, 1.165) is 0 Å². The molecule has 0 saturated carbocycles. The molecule has 0 saturated heterocycles. The van der Waals surface area contributed by atoms with E-state index in [2.05, 4.69) is 74.4 Å². The van der Waals surface area contributed by atoms with Crippen molar-refractivity contribution in [2.24, 2.45) is 0 Å². The summed E-state index contributed by atoms with van der Waals surface area (Å²) in [6, 6.07) is 15.6. The standard InChI is InChI=1S/C20H21N/c1-13-6-4-7-14(10-13)15-11-20(2,3)17-8-5-9-18-19(17)16(15)12-21-18/h4-10,12,15,21H,11H2,1-3H3. The van der Waals surface area contributed by atoms with Crippen LogP contribution in [0.3, 0.4) is 0 Å². The molecule has 1 atom stereocenters. The summed E-state index contributed by atoms with van der Waals surface area (Å²) in [4.78, 5) is 3.47. The summed E-state index contributed by atoms with van der Waals surface area (Å²) in [7, 11) is 0. The van der Waals surface area contributed by atoms with E-state index in [9.17, 15) is 0 Å². The maximum Gasteiger partial charge on any atom is 0.0460 e. The van der Waals surface area contributed by atoms with Crippen molar-refractivity contribution in [2.45, 2.75) is 38.5 Å². The second kappa shape index (κ2) is 4.24. The summed E-state index contributed by atoms with van der Waals surface area (Å²) in [6.07, 6.45) is 3.39. The zero-order valence-corrected chi connectivity index (χ0v) is 12.9. The number of hydrogen-bond donors (Lipinski definition) is 1. The summed E-state index contributed by atoms with van der Waals surface area (Å²) in [5, 5.41) is 1.44. The van der Waals surface area contributed by atoms with Gasteiger partial charge in [0.05, 0.1) is 0 Å². The van der Waals surface area contributed by atoms with Crippen molar-refractivity contribution in [1.29, 1.82) is 0 Å². The average molecular weight is 275 g/mol. The molecule has 3 aromatic rings. The summed E-state index contributed by atoms with van der Waals surface area (Å²) in [5.41, 5.74) is 7.22. The molecule has 0 radical (unpaired) electrons. The second-order valence-electron chi connectivity index (χ2n) is 7.03. The maximum atomic E-state index is 3.47. The van der Waals surface area contributed by atoms with Gasteiger partial charge in [-0.15, -0.1) is 0 Å². The molecular formula is C20H21N. The highest BCUT2D eigenvalue weighted by Gasteiger charge is 2.35. The number of benzene rings is 2. The number of H-pyrrole nitrogens is 1. The van der Waals surface area contributed by atoms with Crippen LogP contribution in [-0.2, 0) is 5.41 Å². The lowest BCUT2D eigenvalue weighted by Crippen LogP contribution is -2.25. The summed E-state index contributed by atoms with van der Waals surface area (Å²) < 4.78 is 0. The number of nitrogens with one attached hydrogen (secondary N) is 1. The minimum atomic E-state index is 0.211.